The fourth-order valence-corrected chi connectivity index (χ4v) is 2.73. The molecule has 0 aliphatic carbocycles. The number of aromatic nitrogens is 2. The highest BCUT2D eigenvalue weighted by atomic mass is 35.5. The number of hydrogen-bond donors (Lipinski definition) is 2. The molecule has 5 nitrogen and oxygen atoms in total. The maximum absolute atomic E-state index is 11.5. The van der Waals surface area contributed by atoms with Crippen LogP contribution in [0.5, 0.6) is 0 Å². The van der Waals surface area contributed by atoms with Crippen molar-refractivity contribution in [2.75, 3.05) is 10.6 Å². The van der Waals surface area contributed by atoms with Gasteiger partial charge < -0.3 is 10.6 Å². The Morgan fingerprint density at radius 2 is 1.72 bits per heavy atom. The molecule has 0 atom stereocenters. The Hall–Kier alpha value is -2.63. The topological polar surface area (TPSA) is 66.9 Å². The minimum Gasteiger partial charge on any atom is -0.340 e. The molecule has 126 valence electrons. The SMILES string of the molecule is CC(=O)c1cccc(Nc2ccnc(Nc3cc(Cl)cc(Cl)c3)n2)c1. The zero-order valence-corrected chi connectivity index (χ0v) is 14.8. The number of halogens is 2. The molecule has 0 bridgehead atoms. The van der Waals surface area contributed by atoms with Gasteiger partial charge in [0.05, 0.1) is 0 Å². The number of carbonyl (C=O) groups excluding carboxylic acids is 1. The summed E-state index contributed by atoms with van der Waals surface area (Å²) in [7, 11) is 0. The summed E-state index contributed by atoms with van der Waals surface area (Å²) in [5.41, 5.74) is 2.09. The first-order valence-electron chi connectivity index (χ1n) is 7.44. The molecule has 0 fully saturated rings. The Kier molecular flexibility index (Phi) is 5.16. The molecule has 7 heteroatoms. The molecule has 25 heavy (non-hydrogen) atoms. The van der Waals surface area contributed by atoms with E-state index in [0.717, 1.165) is 5.69 Å². The number of rotatable bonds is 5. The lowest BCUT2D eigenvalue weighted by molar-refractivity contribution is 0.101. The highest BCUT2D eigenvalue weighted by Crippen LogP contribution is 2.25. The molecule has 0 aliphatic rings. The number of ketones is 1. The van der Waals surface area contributed by atoms with Crippen molar-refractivity contribution in [3.05, 3.63) is 70.3 Å². The smallest absolute Gasteiger partial charge is 0.229 e. The summed E-state index contributed by atoms with van der Waals surface area (Å²) in [5.74, 6) is 0.990. The van der Waals surface area contributed by atoms with Crippen molar-refractivity contribution in [1.82, 2.24) is 9.97 Å². The van der Waals surface area contributed by atoms with Crippen molar-refractivity contribution in [1.29, 1.82) is 0 Å². The molecule has 0 saturated heterocycles. The average molecular weight is 373 g/mol. The van der Waals surface area contributed by atoms with E-state index in [2.05, 4.69) is 20.6 Å². The van der Waals surface area contributed by atoms with Crippen molar-refractivity contribution in [3.63, 3.8) is 0 Å². The van der Waals surface area contributed by atoms with Gasteiger partial charge in [-0.3, -0.25) is 4.79 Å². The predicted molar refractivity (Wildman–Crippen MR) is 102 cm³/mol. The Morgan fingerprint density at radius 1 is 0.960 bits per heavy atom. The predicted octanol–water partition coefficient (Wildman–Crippen LogP) is 5.47. The fourth-order valence-electron chi connectivity index (χ4n) is 2.21. The third-order valence-corrected chi connectivity index (χ3v) is 3.75. The van der Waals surface area contributed by atoms with Gasteiger partial charge in [-0.05, 0) is 43.3 Å². The quantitative estimate of drug-likeness (QED) is 0.580. The van der Waals surface area contributed by atoms with Crippen molar-refractivity contribution < 1.29 is 4.79 Å². The van der Waals surface area contributed by atoms with E-state index in [-0.39, 0.29) is 5.78 Å². The molecule has 1 aromatic heterocycles. The average Bonchev–Trinajstić information content (AvgIpc) is 2.54. The molecule has 0 unspecified atom stereocenters. The lowest BCUT2D eigenvalue weighted by atomic mass is 10.1. The highest BCUT2D eigenvalue weighted by molar-refractivity contribution is 6.35. The molecule has 3 rings (SSSR count). The van der Waals surface area contributed by atoms with Crippen LogP contribution in [-0.4, -0.2) is 15.8 Å². The lowest BCUT2D eigenvalue weighted by Crippen LogP contribution is -2.01. The van der Waals surface area contributed by atoms with Crippen molar-refractivity contribution in [3.8, 4) is 0 Å². The van der Waals surface area contributed by atoms with E-state index < -0.39 is 0 Å². The summed E-state index contributed by atoms with van der Waals surface area (Å²) in [5, 5.41) is 7.25. The van der Waals surface area contributed by atoms with Crippen LogP contribution in [0.2, 0.25) is 10.0 Å². The molecule has 2 aromatic carbocycles. The molecule has 2 N–H and O–H groups in total. The van der Waals surface area contributed by atoms with Crippen molar-refractivity contribution in [2.45, 2.75) is 6.92 Å². The van der Waals surface area contributed by atoms with Crippen LogP contribution < -0.4 is 10.6 Å². The van der Waals surface area contributed by atoms with Crippen molar-refractivity contribution in [2.24, 2.45) is 0 Å². The van der Waals surface area contributed by atoms with Crippen LogP contribution in [0.4, 0.5) is 23.1 Å². The number of nitrogens with one attached hydrogen (secondary N) is 2. The summed E-state index contributed by atoms with van der Waals surface area (Å²) in [4.78, 5) is 20.0. The Labute approximate surface area is 155 Å². The monoisotopic (exact) mass is 372 g/mol. The number of anilines is 4. The molecule has 0 radical (unpaired) electrons. The first kappa shape index (κ1) is 17.2. The van der Waals surface area contributed by atoms with E-state index in [1.165, 1.54) is 6.92 Å². The second-order valence-corrected chi connectivity index (χ2v) is 6.18. The van der Waals surface area contributed by atoms with E-state index in [4.69, 9.17) is 23.2 Å². The summed E-state index contributed by atoms with van der Waals surface area (Å²) in [6.45, 7) is 1.53. The molecule has 0 aliphatic heterocycles. The van der Waals surface area contributed by atoms with Gasteiger partial charge in [0, 0.05) is 33.2 Å². The molecular weight excluding hydrogens is 359 g/mol. The minimum atomic E-state index is 0.00604. The Balaban J connectivity index is 1.79. The normalized spacial score (nSPS) is 10.4. The van der Waals surface area contributed by atoms with Gasteiger partial charge in [-0.2, -0.15) is 4.98 Å². The lowest BCUT2D eigenvalue weighted by Gasteiger charge is -2.09. The molecule has 0 spiro atoms. The van der Waals surface area contributed by atoms with Crippen LogP contribution in [0.15, 0.2) is 54.7 Å². The standard InChI is InChI=1S/C18H14Cl2N4O/c1-11(25)12-3-2-4-15(7-12)22-17-5-6-21-18(24-17)23-16-9-13(19)8-14(20)10-16/h2-10H,1H3,(H2,21,22,23,24). The Morgan fingerprint density at radius 3 is 2.44 bits per heavy atom. The van der Waals surface area contributed by atoms with E-state index in [9.17, 15) is 4.79 Å². The van der Waals surface area contributed by atoms with Crippen LogP contribution in [0.3, 0.4) is 0 Å². The van der Waals surface area contributed by atoms with Crippen LogP contribution >= 0.6 is 23.2 Å². The number of carbonyl (C=O) groups is 1. The molecule has 0 saturated carbocycles. The number of hydrogen-bond acceptors (Lipinski definition) is 5. The van der Waals surface area contributed by atoms with Crippen LogP contribution in [0.1, 0.15) is 17.3 Å². The molecule has 3 aromatic rings. The van der Waals surface area contributed by atoms with Gasteiger partial charge in [0.25, 0.3) is 0 Å². The van der Waals surface area contributed by atoms with E-state index in [0.29, 0.717) is 33.1 Å². The summed E-state index contributed by atoms with van der Waals surface area (Å²) >= 11 is 12.0. The fraction of sp³-hybridized carbons (Fsp3) is 0.0556. The molecule has 0 amide bonds. The maximum atomic E-state index is 11.5. The van der Waals surface area contributed by atoms with E-state index >= 15 is 0 Å². The summed E-state index contributed by atoms with van der Waals surface area (Å²) < 4.78 is 0. The Bertz CT molecular complexity index is 910. The van der Waals surface area contributed by atoms with Gasteiger partial charge in [-0.1, -0.05) is 35.3 Å². The van der Waals surface area contributed by atoms with Gasteiger partial charge >= 0.3 is 0 Å². The van der Waals surface area contributed by atoms with Gasteiger partial charge in [-0.15, -0.1) is 0 Å². The molecule has 1 heterocycles. The van der Waals surface area contributed by atoms with Gasteiger partial charge in [0.1, 0.15) is 5.82 Å². The maximum Gasteiger partial charge on any atom is 0.229 e. The van der Waals surface area contributed by atoms with Gasteiger partial charge in [-0.25, -0.2) is 4.98 Å². The highest BCUT2D eigenvalue weighted by Gasteiger charge is 2.05. The van der Waals surface area contributed by atoms with Gasteiger partial charge in [0.2, 0.25) is 5.95 Å². The van der Waals surface area contributed by atoms with E-state index in [1.54, 1.807) is 42.6 Å². The number of benzene rings is 2. The van der Waals surface area contributed by atoms with Crippen LogP contribution in [0.25, 0.3) is 0 Å². The number of nitrogens with zero attached hydrogens (tertiary/aromatic N) is 2. The summed E-state index contributed by atoms with van der Waals surface area (Å²) in [6, 6.07) is 14.1. The van der Waals surface area contributed by atoms with Gasteiger partial charge in [0.15, 0.2) is 5.78 Å². The van der Waals surface area contributed by atoms with Crippen LogP contribution in [0, 0.1) is 0 Å². The second kappa shape index (κ2) is 7.51. The minimum absolute atomic E-state index is 0.00604. The largest absolute Gasteiger partial charge is 0.340 e. The first-order chi connectivity index (χ1) is 12.0. The van der Waals surface area contributed by atoms with Crippen LogP contribution in [-0.2, 0) is 0 Å². The van der Waals surface area contributed by atoms with Crippen molar-refractivity contribution >= 4 is 52.1 Å². The second-order valence-electron chi connectivity index (χ2n) is 5.31. The third-order valence-electron chi connectivity index (χ3n) is 3.32. The zero-order chi connectivity index (χ0) is 17.8. The van der Waals surface area contributed by atoms with E-state index in [1.807, 2.05) is 12.1 Å². The third kappa shape index (κ3) is 4.68. The first-order valence-corrected chi connectivity index (χ1v) is 8.19. The molecular formula is C18H14Cl2N4O. The zero-order valence-electron chi connectivity index (χ0n) is 13.3. The summed E-state index contributed by atoms with van der Waals surface area (Å²) in [6.07, 6.45) is 1.62. The number of Topliss-reactive ketones (excluding diaryl/α,β-unsaturated/α-hetero) is 1.